The molecule has 0 radical (unpaired) electrons. The Morgan fingerprint density at radius 3 is 2.55 bits per heavy atom. The molecule has 0 spiro atoms. The lowest BCUT2D eigenvalue weighted by Gasteiger charge is -2.37. The molecule has 1 aliphatic carbocycles. The first-order valence-corrected chi connectivity index (χ1v) is 10.3. The van der Waals surface area contributed by atoms with Crippen LogP contribution in [0.3, 0.4) is 0 Å². The molecule has 0 amide bonds. The summed E-state index contributed by atoms with van der Waals surface area (Å²) < 4.78 is 15.2. The van der Waals surface area contributed by atoms with E-state index in [0.717, 1.165) is 30.8 Å². The Morgan fingerprint density at radius 2 is 1.86 bits per heavy atom. The van der Waals surface area contributed by atoms with Gasteiger partial charge in [0.1, 0.15) is 5.82 Å². The largest absolute Gasteiger partial charge is 0.310 e. The van der Waals surface area contributed by atoms with E-state index in [-0.39, 0.29) is 11.2 Å². The first kappa shape index (κ1) is 19.6. The first-order valence-electron chi connectivity index (χ1n) is 10.3. The third-order valence-corrected chi connectivity index (χ3v) is 6.15. The van der Waals surface area contributed by atoms with Crippen molar-refractivity contribution >= 4 is 6.08 Å². The highest BCUT2D eigenvalue weighted by Gasteiger charge is 2.35. The van der Waals surface area contributed by atoms with Crippen LogP contribution in [-0.4, -0.2) is 16.3 Å². The van der Waals surface area contributed by atoms with E-state index in [2.05, 4.69) is 67.6 Å². The molecule has 0 saturated heterocycles. The van der Waals surface area contributed by atoms with Crippen molar-refractivity contribution < 1.29 is 4.39 Å². The molecule has 2 atom stereocenters. The maximum Gasteiger partial charge on any atom is 0.123 e. The fourth-order valence-corrected chi connectivity index (χ4v) is 4.33. The molecule has 4 rings (SSSR count). The van der Waals surface area contributed by atoms with E-state index in [9.17, 15) is 4.39 Å². The molecule has 4 heteroatoms. The topological polar surface area (TPSA) is 29.9 Å². The molecule has 1 aromatic heterocycles. The second kappa shape index (κ2) is 7.96. The van der Waals surface area contributed by atoms with Gasteiger partial charge in [-0.25, -0.2) is 9.07 Å². The van der Waals surface area contributed by atoms with Crippen molar-refractivity contribution in [1.82, 2.24) is 15.1 Å². The average molecular weight is 390 g/mol. The third kappa shape index (κ3) is 3.90. The maximum atomic E-state index is 13.3. The van der Waals surface area contributed by atoms with Crippen molar-refractivity contribution in [3.05, 3.63) is 89.0 Å². The Kier molecular flexibility index (Phi) is 5.37. The number of rotatable bonds is 6. The van der Waals surface area contributed by atoms with Gasteiger partial charge in [0.15, 0.2) is 0 Å². The summed E-state index contributed by atoms with van der Waals surface area (Å²) in [6.07, 6.45) is 6.18. The van der Waals surface area contributed by atoms with Gasteiger partial charge in [0.25, 0.3) is 0 Å². The smallest absolute Gasteiger partial charge is 0.123 e. The van der Waals surface area contributed by atoms with Crippen LogP contribution in [0.5, 0.6) is 0 Å². The Labute approximate surface area is 172 Å². The van der Waals surface area contributed by atoms with Crippen LogP contribution in [0.4, 0.5) is 4.39 Å². The van der Waals surface area contributed by atoms with E-state index in [1.165, 1.54) is 28.8 Å². The molecule has 3 aromatic rings. The van der Waals surface area contributed by atoms with Gasteiger partial charge in [-0.15, -0.1) is 0 Å². The number of hydrogen-bond donors (Lipinski definition) is 1. The Hall–Kier alpha value is -2.72. The lowest BCUT2D eigenvalue weighted by atomic mass is 9.69. The number of halogens is 1. The van der Waals surface area contributed by atoms with E-state index in [4.69, 9.17) is 0 Å². The zero-order chi connectivity index (χ0) is 20.4. The number of benzene rings is 2. The van der Waals surface area contributed by atoms with Crippen molar-refractivity contribution in [3.63, 3.8) is 0 Å². The van der Waals surface area contributed by atoms with Gasteiger partial charge in [-0.2, -0.15) is 5.10 Å². The van der Waals surface area contributed by atoms with Gasteiger partial charge in [-0.1, -0.05) is 49.8 Å². The standard InChI is InChI=1S/C25H28FN3/c1-4-27-23(19-8-6-5-7-9-19)16-25(3)15-20-17-28-29(24(20)14-18(25)2)22-12-10-21(26)11-13-22/h5-14,17,23,27H,4,15-16H2,1-3H3/t23?,25-/m1/s1. The van der Waals surface area contributed by atoms with Gasteiger partial charge in [0.2, 0.25) is 0 Å². The van der Waals surface area contributed by atoms with E-state index < -0.39 is 0 Å². The van der Waals surface area contributed by atoms with Gasteiger partial charge in [-0.05, 0) is 73.2 Å². The zero-order valence-corrected chi connectivity index (χ0v) is 17.3. The molecule has 0 saturated carbocycles. The van der Waals surface area contributed by atoms with Crippen molar-refractivity contribution in [1.29, 1.82) is 0 Å². The molecular weight excluding hydrogens is 361 g/mol. The molecule has 29 heavy (non-hydrogen) atoms. The van der Waals surface area contributed by atoms with E-state index in [1.807, 2.05) is 10.9 Å². The van der Waals surface area contributed by atoms with Gasteiger partial charge >= 0.3 is 0 Å². The lowest BCUT2D eigenvalue weighted by molar-refractivity contribution is 0.303. The molecule has 0 bridgehead atoms. The summed E-state index contributed by atoms with van der Waals surface area (Å²) in [7, 11) is 0. The number of aromatic nitrogens is 2. The second-order valence-electron chi connectivity index (χ2n) is 8.23. The van der Waals surface area contributed by atoms with Gasteiger partial charge in [0, 0.05) is 6.04 Å². The number of nitrogens with zero attached hydrogens (tertiary/aromatic N) is 2. The van der Waals surface area contributed by atoms with Crippen molar-refractivity contribution in [2.75, 3.05) is 6.54 Å². The van der Waals surface area contributed by atoms with Crippen LogP contribution in [0.1, 0.15) is 50.1 Å². The summed E-state index contributed by atoms with van der Waals surface area (Å²) >= 11 is 0. The van der Waals surface area contributed by atoms with Crippen LogP contribution >= 0.6 is 0 Å². The van der Waals surface area contributed by atoms with E-state index >= 15 is 0 Å². The molecule has 0 aliphatic heterocycles. The summed E-state index contributed by atoms with van der Waals surface area (Å²) in [5.74, 6) is -0.232. The fraction of sp³-hybridized carbons (Fsp3) is 0.320. The van der Waals surface area contributed by atoms with Crippen LogP contribution in [-0.2, 0) is 6.42 Å². The summed E-state index contributed by atoms with van der Waals surface area (Å²) in [4.78, 5) is 0. The van der Waals surface area contributed by atoms with Gasteiger partial charge < -0.3 is 5.32 Å². The van der Waals surface area contributed by atoms with E-state index in [0.29, 0.717) is 6.04 Å². The minimum absolute atomic E-state index is 0.0480. The molecule has 1 N–H and O–H groups in total. The van der Waals surface area contributed by atoms with Crippen molar-refractivity contribution in [2.45, 2.75) is 39.7 Å². The first-order chi connectivity index (χ1) is 14.0. The number of nitrogens with one attached hydrogen (secondary N) is 1. The Balaban J connectivity index is 1.64. The van der Waals surface area contributed by atoms with Crippen LogP contribution < -0.4 is 5.32 Å². The maximum absolute atomic E-state index is 13.3. The van der Waals surface area contributed by atoms with Crippen molar-refractivity contribution in [2.24, 2.45) is 5.41 Å². The zero-order valence-electron chi connectivity index (χ0n) is 17.3. The quantitative estimate of drug-likeness (QED) is 0.584. The summed E-state index contributed by atoms with van der Waals surface area (Å²) in [6, 6.07) is 17.5. The van der Waals surface area contributed by atoms with E-state index in [1.54, 1.807) is 12.1 Å². The lowest BCUT2D eigenvalue weighted by Crippen LogP contribution is -2.32. The summed E-state index contributed by atoms with van der Waals surface area (Å²) in [5, 5.41) is 8.27. The number of hydrogen-bond acceptors (Lipinski definition) is 2. The normalized spacial score (nSPS) is 19.5. The highest BCUT2D eigenvalue weighted by atomic mass is 19.1. The molecule has 2 aromatic carbocycles. The fourth-order valence-electron chi connectivity index (χ4n) is 4.33. The van der Waals surface area contributed by atoms with Gasteiger partial charge in [0.05, 0.1) is 17.6 Å². The van der Waals surface area contributed by atoms with Gasteiger partial charge in [-0.3, -0.25) is 0 Å². The summed E-state index contributed by atoms with van der Waals surface area (Å²) in [5.41, 5.74) is 5.96. The minimum atomic E-state index is -0.232. The molecule has 1 heterocycles. The van der Waals surface area contributed by atoms with Crippen LogP contribution in [0.15, 0.2) is 66.4 Å². The SMILES string of the molecule is CCNC(C[C@@]1(C)Cc2cnn(-c3ccc(F)cc3)c2C=C1C)c1ccccc1. The molecule has 1 aliphatic rings. The molecule has 3 nitrogen and oxygen atoms in total. The number of allylic oxidation sites excluding steroid dienone is 1. The van der Waals surface area contributed by atoms with Crippen LogP contribution in [0.2, 0.25) is 0 Å². The monoisotopic (exact) mass is 389 g/mol. The van der Waals surface area contributed by atoms with Crippen LogP contribution in [0.25, 0.3) is 11.8 Å². The Bertz CT molecular complexity index is 1000. The molecule has 150 valence electrons. The highest BCUT2D eigenvalue weighted by Crippen LogP contribution is 2.44. The second-order valence-corrected chi connectivity index (χ2v) is 8.23. The van der Waals surface area contributed by atoms with Crippen LogP contribution in [0, 0.1) is 11.2 Å². The molecule has 0 fully saturated rings. The average Bonchev–Trinajstić information content (AvgIpc) is 3.11. The predicted octanol–water partition coefficient (Wildman–Crippen LogP) is 5.72. The predicted molar refractivity (Wildman–Crippen MR) is 116 cm³/mol. The summed E-state index contributed by atoms with van der Waals surface area (Å²) in [6.45, 7) is 7.67. The molecular formula is C25H28FN3. The minimum Gasteiger partial charge on any atom is -0.310 e. The Morgan fingerprint density at radius 1 is 1.14 bits per heavy atom. The van der Waals surface area contributed by atoms with Crippen molar-refractivity contribution in [3.8, 4) is 5.69 Å². The molecule has 1 unspecified atom stereocenters. The third-order valence-electron chi connectivity index (χ3n) is 6.15. The number of fused-ring (bicyclic) bond motifs is 1. The highest BCUT2D eigenvalue weighted by molar-refractivity contribution is 5.60.